The van der Waals surface area contributed by atoms with Crippen molar-refractivity contribution in [1.82, 2.24) is 5.32 Å². The molecule has 1 unspecified atom stereocenters. The zero-order valence-corrected chi connectivity index (χ0v) is 22.7. The Morgan fingerprint density at radius 1 is 0.900 bits per heavy atom. The Labute approximate surface area is 210 Å². The number of hydrogen-bond donors (Lipinski definition) is 2. The van der Waals surface area contributed by atoms with E-state index in [0.717, 1.165) is 12.8 Å². The van der Waals surface area contributed by atoms with E-state index in [0.29, 0.717) is 19.4 Å². The first-order valence-electron chi connectivity index (χ1n) is 12.1. The SMILES string of the molecule is CCCCCCCCCCCCCCCC(=O)N[C@H]1C[C@H](COC)[C@H](O)C1OC.[Y]. The van der Waals surface area contributed by atoms with E-state index in [4.69, 9.17) is 9.47 Å². The summed E-state index contributed by atoms with van der Waals surface area (Å²) in [5.74, 6) is 0.0944. The van der Waals surface area contributed by atoms with Gasteiger partial charge in [0.05, 0.1) is 18.8 Å². The van der Waals surface area contributed by atoms with Gasteiger partial charge < -0.3 is 19.9 Å². The fraction of sp³-hybridized carbons (Fsp3) is 0.958. The molecule has 0 spiro atoms. The zero-order valence-electron chi connectivity index (χ0n) is 19.9. The first-order valence-corrected chi connectivity index (χ1v) is 12.1. The number of aliphatic hydroxyl groups is 1. The summed E-state index contributed by atoms with van der Waals surface area (Å²) in [6.45, 7) is 2.76. The van der Waals surface area contributed by atoms with Crippen molar-refractivity contribution in [3.05, 3.63) is 0 Å². The third kappa shape index (κ3) is 13.1. The smallest absolute Gasteiger partial charge is 0.220 e. The van der Waals surface area contributed by atoms with E-state index in [-0.39, 0.29) is 56.7 Å². The molecule has 175 valence electrons. The monoisotopic (exact) mass is 502 g/mol. The Bertz CT molecular complexity index is 411. The number of ether oxygens (including phenoxy) is 2. The molecule has 1 rings (SSSR count). The van der Waals surface area contributed by atoms with Crippen LogP contribution in [0.1, 0.15) is 103 Å². The van der Waals surface area contributed by atoms with E-state index in [1.165, 1.54) is 70.6 Å². The molecular weight excluding hydrogens is 455 g/mol. The van der Waals surface area contributed by atoms with Crippen LogP contribution in [-0.4, -0.2) is 50.1 Å². The second-order valence-electron chi connectivity index (χ2n) is 8.81. The van der Waals surface area contributed by atoms with E-state index in [2.05, 4.69) is 12.2 Å². The van der Waals surface area contributed by atoms with Crippen LogP contribution in [0, 0.1) is 5.92 Å². The number of carbonyl (C=O) groups excluding carboxylic acids is 1. The molecule has 0 aromatic rings. The summed E-state index contributed by atoms with van der Waals surface area (Å²) < 4.78 is 10.6. The molecule has 30 heavy (non-hydrogen) atoms. The molecule has 1 fully saturated rings. The molecule has 0 saturated heterocycles. The van der Waals surface area contributed by atoms with Crippen molar-refractivity contribution in [3.8, 4) is 0 Å². The Morgan fingerprint density at radius 3 is 1.87 bits per heavy atom. The molecule has 0 aliphatic heterocycles. The summed E-state index contributed by atoms with van der Waals surface area (Å²) in [7, 11) is 3.23. The van der Waals surface area contributed by atoms with Gasteiger partial charge in [0.25, 0.3) is 0 Å². The number of nitrogens with one attached hydrogen (secondary N) is 1. The van der Waals surface area contributed by atoms with E-state index in [1.807, 2.05) is 0 Å². The summed E-state index contributed by atoms with van der Waals surface area (Å²) in [6, 6.07) is -0.121. The van der Waals surface area contributed by atoms with Crippen LogP contribution in [0.4, 0.5) is 0 Å². The van der Waals surface area contributed by atoms with Gasteiger partial charge in [0.1, 0.15) is 6.10 Å². The molecule has 0 bridgehead atoms. The van der Waals surface area contributed by atoms with Gasteiger partial charge in [-0.1, -0.05) is 84.0 Å². The Hall–Kier alpha value is 0.454. The topological polar surface area (TPSA) is 67.8 Å². The van der Waals surface area contributed by atoms with Crippen LogP contribution in [0.2, 0.25) is 0 Å². The summed E-state index contributed by atoms with van der Waals surface area (Å²) in [5.41, 5.74) is 0. The molecule has 0 aromatic carbocycles. The summed E-state index contributed by atoms with van der Waals surface area (Å²) in [6.07, 6.45) is 17.3. The quantitative estimate of drug-likeness (QED) is 0.259. The molecule has 0 heterocycles. The Morgan fingerprint density at radius 2 is 1.40 bits per heavy atom. The molecule has 6 heteroatoms. The van der Waals surface area contributed by atoms with Crippen molar-refractivity contribution in [2.24, 2.45) is 5.92 Å². The molecule has 1 saturated carbocycles. The minimum atomic E-state index is -0.582. The van der Waals surface area contributed by atoms with Gasteiger partial charge in [-0.3, -0.25) is 4.79 Å². The summed E-state index contributed by atoms with van der Waals surface area (Å²) in [4.78, 5) is 12.3. The molecule has 4 atom stereocenters. The predicted molar refractivity (Wildman–Crippen MR) is 119 cm³/mol. The molecule has 0 aromatic heterocycles. The number of aliphatic hydroxyl groups excluding tert-OH is 1. The van der Waals surface area contributed by atoms with Gasteiger partial charge in [0, 0.05) is 59.3 Å². The summed E-state index contributed by atoms with van der Waals surface area (Å²) in [5, 5.41) is 13.4. The molecule has 1 amide bonds. The van der Waals surface area contributed by atoms with Crippen molar-refractivity contribution >= 4 is 5.91 Å². The standard InChI is InChI=1S/C24H47NO4.Y/c1-4-5-6-7-8-9-10-11-12-13-14-15-16-17-22(26)25-21-18-20(19-28-2)23(27)24(21)29-3;/h20-21,23-24,27H,4-19H2,1-3H3,(H,25,26);/t20-,21+,23+,24?;/m1./s1. The minimum absolute atomic E-state index is 0. The van der Waals surface area contributed by atoms with Gasteiger partial charge in [-0.25, -0.2) is 0 Å². The number of rotatable bonds is 18. The number of amides is 1. The van der Waals surface area contributed by atoms with E-state index in [9.17, 15) is 9.90 Å². The minimum Gasteiger partial charge on any atom is -0.390 e. The van der Waals surface area contributed by atoms with Gasteiger partial charge in [-0.05, 0) is 12.8 Å². The maximum Gasteiger partial charge on any atom is 0.220 e. The second-order valence-corrected chi connectivity index (χ2v) is 8.81. The van der Waals surface area contributed by atoms with Crippen molar-refractivity contribution < 1.29 is 52.1 Å². The van der Waals surface area contributed by atoms with Crippen molar-refractivity contribution in [3.63, 3.8) is 0 Å². The van der Waals surface area contributed by atoms with Crippen molar-refractivity contribution in [1.29, 1.82) is 0 Å². The van der Waals surface area contributed by atoms with Gasteiger partial charge in [0.15, 0.2) is 0 Å². The van der Waals surface area contributed by atoms with Crippen LogP contribution in [0.5, 0.6) is 0 Å². The number of hydrogen-bond acceptors (Lipinski definition) is 4. The van der Waals surface area contributed by atoms with E-state index in [1.54, 1.807) is 14.2 Å². The van der Waals surface area contributed by atoms with Gasteiger partial charge in [-0.15, -0.1) is 0 Å². The van der Waals surface area contributed by atoms with Gasteiger partial charge in [-0.2, -0.15) is 0 Å². The molecule has 2 N–H and O–H groups in total. The first kappa shape index (κ1) is 30.5. The second kappa shape index (κ2) is 20.1. The molecule has 5 nitrogen and oxygen atoms in total. The van der Waals surface area contributed by atoms with Crippen LogP contribution in [0.3, 0.4) is 0 Å². The van der Waals surface area contributed by atoms with Crippen LogP contribution in [0.25, 0.3) is 0 Å². The zero-order chi connectivity index (χ0) is 21.3. The largest absolute Gasteiger partial charge is 0.390 e. The molecule has 1 aliphatic rings. The van der Waals surface area contributed by atoms with Crippen molar-refractivity contribution in [2.75, 3.05) is 20.8 Å². The van der Waals surface area contributed by atoms with Crippen LogP contribution in [0.15, 0.2) is 0 Å². The van der Waals surface area contributed by atoms with Gasteiger partial charge >= 0.3 is 0 Å². The number of methoxy groups -OCH3 is 2. The average Bonchev–Trinajstić information content (AvgIpc) is 3.00. The van der Waals surface area contributed by atoms with E-state index < -0.39 is 6.10 Å². The maximum atomic E-state index is 12.3. The normalized spacial score (nSPS) is 23.3. The van der Waals surface area contributed by atoms with Crippen LogP contribution >= 0.6 is 0 Å². The number of carbonyl (C=O) groups is 1. The predicted octanol–water partition coefficient (Wildman–Crippen LogP) is 4.99. The van der Waals surface area contributed by atoms with Gasteiger partial charge in [0.2, 0.25) is 5.91 Å². The number of unbranched alkanes of at least 4 members (excludes halogenated alkanes) is 12. The van der Waals surface area contributed by atoms with Crippen LogP contribution < -0.4 is 5.32 Å². The third-order valence-corrected chi connectivity index (χ3v) is 6.28. The van der Waals surface area contributed by atoms with Crippen LogP contribution in [-0.2, 0) is 47.0 Å². The molecule has 1 radical (unpaired) electrons. The molecule has 1 aliphatic carbocycles. The Balaban J connectivity index is 0.00000841. The fourth-order valence-electron chi connectivity index (χ4n) is 4.51. The summed E-state index contributed by atoms with van der Waals surface area (Å²) >= 11 is 0. The van der Waals surface area contributed by atoms with E-state index >= 15 is 0 Å². The average molecular weight is 503 g/mol. The Kier molecular flexibility index (Phi) is 20.4. The third-order valence-electron chi connectivity index (χ3n) is 6.28. The fourth-order valence-corrected chi connectivity index (χ4v) is 4.51. The first-order chi connectivity index (χ1) is 14.1. The maximum absolute atomic E-state index is 12.3. The molecular formula is C24H47NO4Y. The van der Waals surface area contributed by atoms with Crippen molar-refractivity contribution in [2.45, 2.75) is 121 Å².